The molecule has 4 aromatic rings. The minimum atomic E-state index is -0.992. The summed E-state index contributed by atoms with van der Waals surface area (Å²) in [5.41, 5.74) is 3.05. The fourth-order valence-corrected chi connectivity index (χ4v) is 4.49. The van der Waals surface area contributed by atoms with E-state index < -0.39 is 30.0 Å². The Morgan fingerprint density at radius 3 is 2.27 bits per heavy atom. The Hall–Kier alpha value is -5.25. The van der Waals surface area contributed by atoms with Crippen molar-refractivity contribution in [1.82, 2.24) is 15.2 Å². The molecular weight excluding hydrogens is 527 g/mol. The summed E-state index contributed by atoms with van der Waals surface area (Å²) in [4.78, 5) is 44.5. The molecule has 0 saturated carbocycles. The highest BCUT2D eigenvalue weighted by atomic mass is 19.1. The van der Waals surface area contributed by atoms with Gasteiger partial charge in [-0.15, -0.1) is 0 Å². The van der Waals surface area contributed by atoms with Crippen molar-refractivity contribution in [3.63, 3.8) is 0 Å². The molecule has 1 aliphatic heterocycles. The molecule has 41 heavy (non-hydrogen) atoms. The number of cyclic esters (lactones) is 1. The second-order valence-corrected chi connectivity index (χ2v) is 9.38. The van der Waals surface area contributed by atoms with Crippen LogP contribution in [0.1, 0.15) is 33.2 Å². The number of carbonyl (C=O) groups is 3. The lowest BCUT2D eigenvalue weighted by molar-refractivity contribution is -0.126. The van der Waals surface area contributed by atoms with Gasteiger partial charge in [0.15, 0.2) is 12.1 Å². The van der Waals surface area contributed by atoms with E-state index in [1.807, 2.05) is 0 Å². The van der Waals surface area contributed by atoms with Gasteiger partial charge in [-0.25, -0.2) is 9.18 Å². The summed E-state index contributed by atoms with van der Waals surface area (Å²) < 4.78 is 24.3. The standard InChI is InChI=1S/C31H27FN4O5/c1-40-26-12-6-23(7-13-26)29(37)35-25-10-4-22(5-11-25)28-27(30(38)34-18-20-14-16-33-17-15-20)36(31(39)41-28)19-21-2-8-24(32)9-3-21/h2-17,27-28H,18-19H2,1H3,(H,34,38)(H,35,37). The molecule has 1 aromatic heterocycles. The summed E-state index contributed by atoms with van der Waals surface area (Å²) in [5.74, 6) is -0.463. The zero-order chi connectivity index (χ0) is 28.8. The number of amides is 3. The van der Waals surface area contributed by atoms with E-state index in [9.17, 15) is 18.8 Å². The first-order valence-electron chi connectivity index (χ1n) is 12.8. The first-order chi connectivity index (χ1) is 19.9. The van der Waals surface area contributed by atoms with Crippen LogP contribution in [0.2, 0.25) is 0 Å². The Morgan fingerprint density at radius 1 is 0.927 bits per heavy atom. The molecule has 1 fully saturated rings. The number of pyridine rings is 1. The number of anilines is 1. The van der Waals surface area contributed by atoms with Crippen LogP contribution in [-0.2, 0) is 22.6 Å². The van der Waals surface area contributed by atoms with Crippen LogP contribution in [0.15, 0.2) is 97.3 Å². The first-order valence-corrected chi connectivity index (χ1v) is 12.8. The summed E-state index contributed by atoms with van der Waals surface area (Å²) >= 11 is 0. The van der Waals surface area contributed by atoms with Gasteiger partial charge >= 0.3 is 6.09 Å². The molecule has 2 N–H and O–H groups in total. The van der Waals surface area contributed by atoms with Gasteiger partial charge < -0.3 is 20.1 Å². The van der Waals surface area contributed by atoms with Crippen LogP contribution in [0.3, 0.4) is 0 Å². The topological polar surface area (TPSA) is 110 Å². The molecule has 5 rings (SSSR count). The number of methoxy groups -OCH3 is 1. The van der Waals surface area contributed by atoms with E-state index in [-0.39, 0.29) is 19.0 Å². The normalized spacial score (nSPS) is 16.1. The number of rotatable bonds is 9. The Balaban J connectivity index is 1.34. The van der Waals surface area contributed by atoms with Crippen molar-refractivity contribution in [3.8, 4) is 5.75 Å². The van der Waals surface area contributed by atoms with Crippen LogP contribution < -0.4 is 15.4 Å². The summed E-state index contributed by atoms with van der Waals surface area (Å²) in [6.45, 7) is 0.290. The number of ether oxygens (including phenoxy) is 2. The van der Waals surface area contributed by atoms with Gasteiger partial charge in [0, 0.05) is 30.2 Å². The molecular formula is C31H27FN4O5. The van der Waals surface area contributed by atoms with Gasteiger partial charge in [0.2, 0.25) is 5.91 Å². The van der Waals surface area contributed by atoms with Crippen LogP contribution in [0.4, 0.5) is 14.9 Å². The maximum absolute atomic E-state index is 13.5. The monoisotopic (exact) mass is 554 g/mol. The lowest BCUT2D eigenvalue weighted by Gasteiger charge is -2.24. The van der Waals surface area contributed by atoms with Crippen molar-refractivity contribution in [2.24, 2.45) is 0 Å². The molecule has 1 saturated heterocycles. The largest absolute Gasteiger partial charge is 0.497 e. The molecule has 0 aliphatic carbocycles. The minimum Gasteiger partial charge on any atom is -0.497 e. The Labute approximate surface area is 235 Å². The maximum atomic E-state index is 13.5. The van der Waals surface area contributed by atoms with E-state index in [2.05, 4.69) is 15.6 Å². The molecule has 2 unspecified atom stereocenters. The molecule has 2 heterocycles. The molecule has 0 radical (unpaired) electrons. The Morgan fingerprint density at radius 2 is 1.61 bits per heavy atom. The number of benzene rings is 3. The lowest BCUT2D eigenvalue weighted by atomic mass is 10.00. The number of nitrogens with zero attached hydrogens (tertiary/aromatic N) is 2. The molecule has 2 atom stereocenters. The first kappa shape index (κ1) is 27.3. The third-order valence-electron chi connectivity index (χ3n) is 6.69. The zero-order valence-corrected chi connectivity index (χ0v) is 22.1. The van der Waals surface area contributed by atoms with E-state index >= 15 is 0 Å². The highest BCUT2D eigenvalue weighted by molar-refractivity contribution is 6.04. The number of hydrogen-bond acceptors (Lipinski definition) is 6. The molecule has 0 spiro atoms. The second-order valence-electron chi connectivity index (χ2n) is 9.38. The van der Waals surface area contributed by atoms with Crippen LogP contribution in [0, 0.1) is 5.82 Å². The van der Waals surface area contributed by atoms with Crippen molar-refractivity contribution < 1.29 is 28.2 Å². The van der Waals surface area contributed by atoms with Crippen molar-refractivity contribution in [3.05, 3.63) is 125 Å². The Bertz CT molecular complexity index is 1510. The molecule has 208 valence electrons. The van der Waals surface area contributed by atoms with Crippen molar-refractivity contribution in [2.45, 2.75) is 25.2 Å². The number of carbonyl (C=O) groups excluding carboxylic acids is 3. The van der Waals surface area contributed by atoms with Crippen LogP contribution in [-0.4, -0.2) is 40.9 Å². The van der Waals surface area contributed by atoms with Crippen LogP contribution in [0.5, 0.6) is 5.75 Å². The van der Waals surface area contributed by atoms with Gasteiger partial charge in [-0.2, -0.15) is 0 Å². The summed E-state index contributed by atoms with van der Waals surface area (Å²) in [7, 11) is 1.55. The van der Waals surface area contributed by atoms with Crippen molar-refractivity contribution in [2.75, 3.05) is 12.4 Å². The highest BCUT2D eigenvalue weighted by Crippen LogP contribution is 2.34. The minimum absolute atomic E-state index is 0.0545. The van der Waals surface area contributed by atoms with E-state index in [1.165, 1.54) is 17.0 Å². The third kappa shape index (κ3) is 6.50. The van der Waals surface area contributed by atoms with Crippen molar-refractivity contribution >= 4 is 23.6 Å². The number of aromatic nitrogens is 1. The maximum Gasteiger partial charge on any atom is 0.411 e. The van der Waals surface area contributed by atoms with E-state index in [0.29, 0.717) is 28.1 Å². The number of nitrogens with one attached hydrogen (secondary N) is 2. The lowest BCUT2D eigenvalue weighted by Crippen LogP contribution is -2.46. The highest BCUT2D eigenvalue weighted by Gasteiger charge is 2.46. The van der Waals surface area contributed by atoms with Gasteiger partial charge in [-0.05, 0) is 77.4 Å². The molecule has 9 nitrogen and oxygen atoms in total. The average Bonchev–Trinajstić information content (AvgIpc) is 3.33. The summed E-state index contributed by atoms with van der Waals surface area (Å²) in [5, 5.41) is 5.71. The van der Waals surface area contributed by atoms with Crippen molar-refractivity contribution in [1.29, 1.82) is 0 Å². The average molecular weight is 555 g/mol. The SMILES string of the molecule is COc1ccc(C(=O)Nc2ccc(C3OC(=O)N(Cc4ccc(F)cc4)C3C(=O)NCc3ccncc3)cc2)cc1. The predicted molar refractivity (Wildman–Crippen MR) is 148 cm³/mol. The quantitative estimate of drug-likeness (QED) is 0.306. The van der Waals surface area contributed by atoms with Crippen LogP contribution >= 0.6 is 0 Å². The molecule has 10 heteroatoms. The number of hydrogen-bond donors (Lipinski definition) is 2. The fourth-order valence-electron chi connectivity index (χ4n) is 4.49. The second kappa shape index (κ2) is 12.3. The zero-order valence-electron chi connectivity index (χ0n) is 22.1. The molecule has 0 bridgehead atoms. The van der Waals surface area contributed by atoms with Crippen LogP contribution in [0.25, 0.3) is 0 Å². The van der Waals surface area contributed by atoms with Gasteiger partial charge in [-0.3, -0.25) is 19.5 Å². The fraction of sp³-hybridized carbons (Fsp3) is 0.161. The molecule has 3 aromatic carbocycles. The summed E-state index contributed by atoms with van der Waals surface area (Å²) in [6, 6.07) is 21.8. The van der Waals surface area contributed by atoms with E-state index in [4.69, 9.17) is 9.47 Å². The van der Waals surface area contributed by atoms with Gasteiger partial charge in [0.1, 0.15) is 11.6 Å². The molecule has 1 aliphatic rings. The molecule has 3 amide bonds. The Kier molecular flexibility index (Phi) is 8.19. The van der Waals surface area contributed by atoms with E-state index in [1.54, 1.807) is 92.3 Å². The van der Waals surface area contributed by atoms with Gasteiger partial charge in [0.05, 0.1) is 13.7 Å². The van der Waals surface area contributed by atoms with Gasteiger partial charge in [0.25, 0.3) is 5.91 Å². The van der Waals surface area contributed by atoms with E-state index in [0.717, 1.165) is 5.56 Å². The number of halogens is 1. The smallest absolute Gasteiger partial charge is 0.411 e. The third-order valence-corrected chi connectivity index (χ3v) is 6.69. The summed E-state index contributed by atoms with van der Waals surface area (Å²) in [6.07, 6.45) is 1.68. The predicted octanol–water partition coefficient (Wildman–Crippen LogP) is 4.86. The van der Waals surface area contributed by atoms with Gasteiger partial charge in [-0.1, -0.05) is 24.3 Å².